The number of aryl methyl sites for hydroxylation is 4. The van der Waals surface area contributed by atoms with Crippen molar-refractivity contribution in [2.24, 2.45) is 0 Å². The van der Waals surface area contributed by atoms with Crippen LogP contribution >= 0.6 is 11.6 Å². The Morgan fingerprint density at radius 3 is 2.38 bits per heavy atom. The van der Waals surface area contributed by atoms with E-state index in [-0.39, 0.29) is 5.91 Å². The molecule has 1 aromatic carbocycles. The van der Waals surface area contributed by atoms with Gasteiger partial charge in [0.1, 0.15) is 0 Å². The number of amides is 1. The summed E-state index contributed by atoms with van der Waals surface area (Å²) in [6.45, 7) is 8.28. The maximum atomic E-state index is 12.1. The fourth-order valence-electron chi connectivity index (χ4n) is 2.31. The molecule has 1 amide bonds. The number of halogens is 1. The molecule has 5 heteroatoms. The predicted molar refractivity (Wildman–Crippen MR) is 85.9 cm³/mol. The van der Waals surface area contributed by atoms with Crippen LogP contribution in [0.25, 0.3) is 0 Å². The van der Waals surface area contributed by atoms with Gasteiger partial charge in [0.15, 0.2) is 0 Å². The highest BCUT2D eigenvalue weighted by atomic mass is 35.5. The van der Waals surface area contributed by atoms with Gasteiger partial charge in [-0.2, -0.15) is 5.10 Å². The highest BCUT2D eigenvalue weighted by Gasteiger charge is 2.11. The van der Waals surface area contributed by atoms with Gasteiger partial charge in [-0.05, 0) is 38.8 Å². The molecule has 1 N–H and O–H groups in total. The predicted octanol–water partition coefficient (Wildman–Crippen LogP) is 3.80. The van der Waals surface area contributed by atoms with Crippen LogP contribution in [-0.2, 0) is 11.3 Å². The van der Waals surface area contributed by atoms with Crippen LogP contribution in [0.15, 0.2) is 18.2 Å². The Morgan fingerprint density at radius 1 is 1.24 bits per heavy atom. The molecule has 0 bridgehead atoms. The molecule has 0 atom stereocenters. The Bertz CT molecular complexity index is 656. The van der Waals surface area contributed by atoms with E-state index in [4.69, 9.17) is 11.6 Å². The average molecular weight is 306 g/mol. The monoisotopic (exact) mass is 305 g/mol. The third-order valence-corrected chi connectivity index (χ3v) is 4.14. The lowest BCUT2D eigenvalue weighted by molar-refractivity contribution is -0.116. The molecule has 0 aliphatic carbocycles. The number of nitrogens with one attached hydrogen (secondary N) is 1. The minimum absolute atomic E-state index is 0.0175. The van der Waals surface area contributed by atoms with Gasteiger partial charge in [0.25, 0.3) is 0 Å². The highest BCUT2D eigenvalue weighted by molar-refractivity contribution is 6.31. The normalized spacial score (nSPS) is 10.7. The van der Waals surface area contributed by atoms with Crippen molar-refractivity contribution in [3.05, 3.63) is 45.7 Å². The summed E-state index contributed by atoms with van der Waals surface area (Å²) in [5.74, 6) is -0.0175. The molecule has 2 aromatic rings. The summed E-state index contributed by atoms with van der Waals surface area (Å²) in [5.41, 5.74) is 4.72. The van der Waals surface area contributed by atoms with Crippen molar-refractivity contribution < 1.29 is 4.79 Å². The molecule has 0 radical (unpaired) electrons. The lowest BCUT2D eigenvalue weighted by atomic mass is 10.1. The zero-order chi connectivity index (χ0) is 15.6. The molecule has 1 heterocycles. The first-order valence-corrected chi connectivity index (χ1v) is 7.33. The summed E-state index contributed by atoms with van der Waals surface area (Å²) in [5, 5.41) is 7.98. The molecular formula is C16H20ClN3O. The van der Waals surface area contributed by atoms with Gasteiger partial charge in [-0.1, -0.05) is 29.8 Å². The highest BCUT2D eigenvalue weighted by Crippen LogP contribution is 2.21. The molecule has 0 saturated carbocycles. The Balaban J connectivity index is 2.01. The summed E-state index contributed by atoms with van der Waals surface area (Å²) < 4.78 is 1.78. The van der Waals surface area contributed by atoms with E-state index in [9.17, 15) is 4.79 Å². The summed E-state index contributed by atoms with van der Waals surface area (Å²) in [6, 6.07) is 5.96. The van der Waals surface area contributed by atoms with Crippen LogP contribution in [0.2, 0.25) is 5.02 Å². The van der Waals surface area contributed by atoms with E-state index in [1.807, 2.05) is 45.9 Å². The average Bonchev–Trinajstić information content (AvgIpc) is 2.68. The quantitative estimate of drug-likeness (QED) is 0.934. The number of nitrogens with zero attached hydrogens (tertiary/aromatic N) is 2. The molecule has 4 nitrogen and oxygen atoms in total. The lowest BCUT2D eigenvalue weighted by Crippen LogP contribution is -2.16. The molecule has 0 aliphatic heterocycles. The van der Waals surface area contributed by atoms with Gasteiger partial charge in [-0.15, -0.1) is 0 Å². The van der Waals surface area contributed by atoms with Gasteiger partial charge in [-0.3, -0.25) is 9.48 Å². The molecule has 0 aliphatic rings. The second kappa shape index (κ2) is 6.31. The van der Waals surface area contributed by atoms with Crippen LogP contribution in [0.5, 0.6) is 0 Å². The minimum Gasteiger partial charge on any atom is -0.326 e. The van der Waals surface area contributed by atoms with Crippen molar-refractivity contribution in [3.63, 3.8) is 0 Å². The summed E-state index contributed by atoms with van der Waals surface area (Å²) >= 11 is 6.10. The standard InChI is InChI=1S/C16H20ClN3O/c1-10-6-5-7-11(2)16(10)18-14(21)8-9-20-13(4)15(17)12(3)19-20/h5-7H,8-9H2,1-4H3,(H,18,21). The fourth-order valence-corrected chi connectivity index (χ4v) is 2.45. The van der Waals surface area contributed by atoms with Crippen LogP contribution in [0.1, 0.15) is 28.9 Å². The molecule has 21 heavy (non-hydrogen) atoms. The van der Waals surface area contributed by atoms with Gasteiger partial charge < -0.3 is 5.32 Å². The minimum atomic E-state index is -0.0175. The number of hydrogen-bond acceptors (Lipinski definition) is 2. The van der Waals surface area contributed by atoms with Crippen LogP contribution in [0.4, 0.5) is 5.69 Å². The van der Waals surface area contributed by atoms with Crippen molar-refractivity contribution in [1.82, 2.24) is 9.78 Å². The second-order valence-electron chi connectivity index (χ2n) is 5.27. The summed E-state index contributed by atoms with van der Waals surface area (Å²) in [6.07, 6.45) is 0.367. The Hall–Kier alpha value is -1.81. The van der Waals surface area contributed by atoms with E-state index < -0.39 is 0 Å². The van der Waals surface area contributed by atoms with Crippen molar-refractivity contribution in [2.75, 3.05) is 5.32 Å². The van der Waals surface area contributed by atoms with Gasteiger partial charge in [0.05, 0.1) is 23.0 Å². The smallest absolute Gasteiger partial charge is 0.226 e. The van der Waals surface area contributed by atoms with Crippen molar-refractivity contribution in [2.45, 2.75) is 40.7 Å². The number of aromatic nitrogens is 2. The molecule has 0 saturated heterocycles. The Kier molecular flexibility index (Phi) is 4.68. The van der Waals surface area contributed by atoms with Crippen LogP contribution in [-0.4, -0.2) is 15.7 Å². The fraction of sp³-hybridized carbons (Fsp3) is 0.375. The Morgan fingerprint density at radius 2 is 1.86 bits per heavy atom. The number of hydrogen-bond donors (Lipinski definition) is 1. The molecule has 0 fully saturated rings. The molecule has 0 unspecified atom stereocenters. The molecule has 0 spiro atoms. The van der Waals surface area contributed by atoms with Gasteiger partial charge in [0.2, 0.25) is 5.91 Å². The summed E-state index contributed by atoms with van der Waals surface area (Å²) in [4.78, 5) is 12.1. The van der Waals surface area contributed by atoms with E-state index in [0.29, 0.717) is 18.0 Å². The maximum absolute atomic E-state index is 12.1. The first-order chi connectivity index (χ1) is 9.90. The van der Waals surface area contributed by atoms with E-state index in [0.717, 1.165) is 28.2 Å². The largest absolute Gasteiger partial charge is 0.326 e. The van der Waals surface area contributed by atoms with Gasteiger partial charge in [0, 0.05) is 12.1 Å². The van der Waals surface area contributed by atoms with Crippen molar-refractivity contribution >= 4 is 23.2 Å². The van der Waals surface area contributed by atoms with Gasteiger partial charge in [-0.25, -0.2) is 0 Å². The second-order valence-corrected chi connectivity index (χ2v) is 5.65. The maximum Gasteiger partial charge on any atom is 0.226 e. The third kappa shape index (κ3) is 3.45. The zero-order valence-corrected chi connectivity index (χ0v) is 13.6. The SMILES string of the molecule is Cc1cccc(C)c1NC(=O)CCn1nc(C)c(Cl)c1C. The van der Waals surface area contributed by atoms with E-state index in [1.54, 1.807) is 4.68 Å². The Labute approximate surface area is 130 Å². The van der Waals surface area contributed by atoms with Crippen molar-refractivity contribution in [3.8, 4) is 0 Å². The van der Waals surface area contributed by atoms with E-state index in [2.05, 4.69) is 10.4 Å². The third-order valence-electron chi connectivity index (χ3n) is 3.59. The van der Waals surface area contributed by atoms with Crippen LogP contribution < -0.4 is 5.32 Å². The first-order valence-electron chi connectivity index (χ1n) is 6.95. The zero-order valence-electron chi connectivity index (χ0n) is 12.8. The van der Waals surface area contributed by atoms with Crippen LogP contribution in [0.3, 0.4) is 0 Å². The topological polar surface area (TPSA) is 46.9 Å². The molecule has 2 rings (SSSR count). The molecular weight excluding hydrogens is 286 g/mol. The first kappa shape index (κ1) is 15.6. The lowest BCUT2D eigenvalue weighted by Gasteiger charge is -2.11. The molecule has 112 valence electrons. The number of benzene rings is 1. The van der Waals surface area contributed by atoms with E-state index in [1.165, 1.54) is 0 Å². The molecule has 1 aromatic heterocycles. The van der Waals surface area contributed by atoms with Crippen molar-refractivity contribution in [1.29, 1.82) is 0 Å². The van der Waals surface area contributed by atoms with Gasteiger partial charge >= 0.3 is 0 Å². The summed E-state index contributed by atoms with van der Waals surface area (Å²) in [7, 11) is 0. The number of carbonyl (C=O) groups excluding carboxylic acids is 1. The number of rotatable bonds is 4. The number of carbonyl (C=O) groups is 1. The van der Waals surface area contributed by atoms with E-state index >= 15 is 0 Å². The number of para-hydroxylation sites is 1. The van der Waals surface area contributed by atoms with Crippen LogP contribution in [0, 0.1) is 27.7 Å². The number of anilines is 1.